The number of amides is 2. The number of rotatable bonds is 13. The van der Waals surface area contributed by atoms with Gasteiger partial charge in [-0.3, -0.25) is 13.9 Å². The zero-order valence-electron chi connectivity index (χ0n) is 23.0. The number of anilines is 1. The number of benzene rings is 3. The van der Waals surface area contributed by atoms with Crippen molar-refractivity contribution in [2.45, 2.75) is 37.8 Å². The second-order valence-corrected chi connectivity index (χ2v) is 10.8. The zero-order chi connectivity index (χ0) is 29.3. The van der Waals surface area contributed by atoms with Crippen LogP contribution < -0.4 is 19.1 Å². The molecule has 3 rings (SSSR count). The molecule has 0 fully saturated rings. The molecule has 3 aromatic rings. The molecule has 214 valence electrons. The van der Waals surface area contributed by atoms with Crippen LogP contribution in [0.15, 0.2) is 77.7 Å². The molecule has 0 spiro atoms. The first kappa shape index (κ1) is 30.4. The number of sulfonamides is 1. The summed E-state index contributed by atoms with van der Waals surface area (Å²) in [4.78, 5) is 28.0. The Morgan fingerprint density at radius 2 is 1.65 bits per heavy atom. The molecule has 9 nitrogen and oxygen atoms in total. The van der Waals surface area contributed by atoms with Gasteiger partial charge in [0.15, 0.2) is 0 Å². The zero-order valence-corrected chi connectivity index (χ0v) is 23.8. The van der Waals surface area contributed by atoms with E-state index in [1.807, 2.05) is 6.92 Å². The van der Waals surface area contributed by atoms with Gasteiger partial charge in [-0.15, -0.1) is 0 Å². The molecule has 1 atom stereocenters. The minimum absolute atomic E-state index is 0.0536. The van der Waals surface area contributed by atoms with Crippen LogP contribution in [-0.2, 0) is 26.2 Å². The van der Waals surface area contributed by atoms with Crippen LogP contribution in [0.5, 0.6) is 11.5 Å². The first-order valence-corrected chi connectivity index (χ1v) is 14.2. The molecule has 0 saturated carbocycles. The molecule has 0 bridgehead atoms. The van der Waals surface area contributed by atoms with Crippen LogP contribution in [0.1, 0.15) is 25.8 Å². The molecule has 0 aliphatic rings. The van der Waals surface area contributed by atoms with Gasteiger partial charge in [0.2, 0.25) is 11.8 Å². The Balaban J connectivity index is 2.11. The molecule has 40 heavy (non-hydrogen) atoms. The Morgan fingerprint density at radius 1 is 0.975 bits per heavy atom. The van der Waals surface area contributed by atoms with Gasteiger partial charge in [0.25, 0.3) is 10.0 Å². The molecule has 2 amide bonds. The maximum atomic E-state index is 14.6. The van der Waals surface area contributed by atoms with Crippen molar-refractivity contribution in [1.82, 2.24) is 10.2 Å². The molecule has 0 radical (unpaired) electrons. The molecule has 0 aromatic heterocycles. The third kappa shape index (κ3) is 7.09. The van der Waals surface area contributed by atoms with Gasteiger partial charge in [0.05, 0.1) is 24.8 Å². The van der Waals surface area contributed by atoms with E-state index in [-0.39, 0.29) is 28.4 Å². The predicted molar refractivity (Wildman–Crippen MR) is 150 cm³/mol. The van der Waals surface area contributed by atoms with Gasteiger partial charge in [0, 0.05) is 24.7 Å². The molecular weight excluding hydrogens is 537 g/mol. The summed E-state index contributed by atoms with van der Waals surface area (Å²) in [6.45, 7) is 2.86. The van der Waals surface area contributed by atoms with Gasteiger partial charge in [0.1, 0.15) is 29.9 Å². The third-order valence-corrected chi connectivity index (χ3v) is 8.05. The van der Waals surface area contributed by atoms with Crippen molar-refractivity contribution in [3.05, 3.63) is 84.2 Å². The van der Waals surface area contributed by atoms with Crippen molar-refractivity contribution in [3.8, 4) is 11.5 Å². The minimum atomic E-state index is -4.31. The molecule has 0 unspecified atom stereocenters. The topological polar surface area (TPSA) is 105 Å². The van der Waals surface area contributed by atoms with E-state index in [9.17, 15) is 22.4 Å². The monoisotopic (exact) mass is 571 g/mol. The van der Waals surface area contributed by atoms with E-state index in [1.165, 1.54) is 68.5 Å². The molecule has 11 heteroatoms. The van der Waals surface area contributed by atoms with Crippen molar-refractivity contribution >= 4 is 27.5 Å². The highest BCUT2D eigenvalue weighted by Gasteiger charge is 2.34. The van der Waals surface area contributed by atoms with E-state index in [0.717, 1.165) is 4.31 Å². The minimum Gasteiger partial charge on any atom is -0.497 e. The van der Waals surface area contributed by atoms with E-state index < -0.39 is 40.2 Å². The van der Waals surface area contributed by atoms with Crippen LogP contribution in [0.25, 0.3) is 0 Å². The molecule has 0 aliphatic heterocycles. The van der Waals surface area contributed by atoms with Gasteiger partial charge in [-0.2, -0.15) is 0 Å². The summed E-state index contributed by atoms with van der Waals surface area (Å²) in [5.74, 6) is -1.19. The lowest BCUT2D eigenvalue weighted by Gasteiger charge is -2.32. The van der Waals surface area contributed by atoms with Crippen LogP contribution in [0.2, 0.25) is 0 Å². The fraction of sp³-hybridized carbons (Fsp3) is 0.310. The fourth-order valence-electron chi connectivity index (χ4n) is 4.01. The Kier molecular flexibility index (Phi) is 10.5. The lowest BCUT2D eigenvalue weighted by molar-refractivity contribution is -0.139. The van der Waals surface area contributed by atoms with Crippen LogP contribution in [0.3, 0.4) is 0 Å². The maximum absolute atomic E-state index is 14.6. The van der Waals surface area contributed by atoms with Crippen molar-refractivity contribution < 1.29 is 31.9 Å². The predicted octanol–water partition coefficient (Wildman–Crippen LogP) is 3.98. The summed E-state index contributed by atoms with van der Waals surface area (Å²) in [6, 6.07) is 17.1. The van der Waals surface area contributed by atoms with Gasteiger partial charge >= 0.3 is 0 Å². The first-order chi connectivity index (χ1) is 19.1. The molecule has 0 heterocycles. The van der Waals surface area contributed by atoms with Crippen molar-refractivity contribution in [3.63, 3.8) is 0 Å². The SMILES string of the molecule is CCCNC(=O)[C@H](C)N(Cc1ccccc1F)C(=O)CN(c1cc(OC)ccc1OC)S(=O)(=O)c1ccccc1. The van der Waals surface area contributed by atoms with Gasteiger partial charge in [-0.25, -0.2) is 12.8 Å². The van der Waals surface area contributed by atoms with E-state index in [1.54, 1.807) is 30.3 Å². The summed E-state index contributed by atoms with van der Waals surface area (Å²) in [7, 11) is -1.50. The lowest BCUT2D eigenvalue weighted by Crippen LogP contribution is -2.51. The van der Waals surface area contributed by atoms with Gasteiger partial charge in [-0.05, 0) is 43.7 Å². The molecule has 1 N–H and O–H groups in total. The highest BCUT2D eigenvalue weighted by Crippen LogP contribution is 2.36. The highest BCUT2D eigenvalue weighted by molar-refractivity contribution is 7.92. The second kappa shape index (κ2) is 13.8. The molecule has 3 aromatic carbocycles. The summed E-state index contributed by atoms with van der Waals surface area (Å²) in [5.41, 5.74) is 0.246. The number of nitrogens with zero attached hydrogens (tertiary/aromatic N) is 2. The number of hydrogen-bond acceptors (Lipinski definition) is 6. The smallest absolute Gasteiger partial charge is 0.264 e. The number of methoxy groups -OCH3 is 2. The number of ether oxygens (including phenoxy) is 2. The molecular formula is C29H34FN3O6S. The Bertz CT molecular complexity index is 1420. The average Bonchev–Trinajstić information content (AvgIpc) is 2.97. The largest absolute Gasteiger partial charge is 0.497 e. The second-order valence-electron chi connectivity index (χ2n) is 8.94. The van der Waals surface area contributed by atoms with E-state index in [4.69, 9.17) is 9.47 Å². The summed E-state index contributed by atoms with van der Waals surface area (Å²) < 4.78 is 54.2. The number of carbonyl (C=O) groups is 2. The highest BCUT2D eigenvalue weighted by atomic mass is 32.2. The Hall–Kier alpha value is -4.12. The fourth-order valence-corrected chi connectivity index (χ4v) is 5.45. The van der Waals surface area contributed by atoms with E-state index in [2.05, 4.69) is 5.32 Å². The number of hydrogen-bond donors (Lipinski definition) is 1. The van der Waals surface area contributed by atoms with Crippen molar-refractivity contribution in [1.29, 1.82) is 0 Å². The van der Waals surface area contributed by atoms with Crippen LogP contribution in [-0.4, -0.2) is 58.5 Å². The summed E-state index contributed by atoms with van der Waals surface area (Å²) in [6.07, 6.45) is 0.679. The molecule has 0 saturated heterocycles. The average molecular weight is 572 g/mol. The number of nitrogens with one attached hydrogen (secondary N) is 1. The standard InChI is InChI=1S/C29H34FN3O6S/c1-5-17-31-29(35)21(2)32(19-22-11-9-10-14-25(22)30)28(34)20-33(40(36,37)24-12-7-6-8-13-24)26-18-23(38-3)15-16-27(26)39-4/h6-16,18,21H,5,17,19-20H2,1-4H3,(H,31,35)/t21-/m0/s1. The maximum Gasteiger partial charge on any atom is 0.264 e. The van der Waals surface area contributed by atoms with E-state index in [0.29, 0.717) is 18.7 Å². The van der Waals surface area contributed by atoms with Crippen LogP contribution in [0.4, 0.5) is 10.1 Å². The first-order valence-electron chi connectivity index (χ1n) is 12.7. The summed E-state index contributed by atoms with van der Waals surface area (Å²) in [5, 5.41) is 2.75. The quantitative estimate of drug-likeness (QED) is 0.333. The van der Waals surface area contributed by atoms with Gasteiger partial charge in [-0.1, -0.05) is 43.3 Å². The Labute approximate surface area is 234 Å². The van der Waals surface area contributed by atoms with Crippen LogP contribution >= 0.6 is 0 Å². The lowest BCUT2D eigenvalue weighted by atomic mass is 10.1. The van der Waals surface area contributed by atoms with Gasteiger partial charge < -0.3 is 19.7 Å². The van der Waals surface area contributed by atoms with E-state index >= 15 is 0 Å². The van der Waals surface area contributed by atoms with Crippen molar-refractivity contribution in [2.24, 2.45) is 0 Å². The molecule has 0 aliphatic carbocycles. The number of carbonyl (C=O) groups excluding carboxylic acids is 2. The Morgan fingerprint density at radius 3 is 2.27 bits per heavy atom. The summed E-state index contributed by atoms with van der Waals surface area (Å²) >= 11 is 0. The van der Waals surface area contributed by atoms with Crippen molar-refractivity contribution in [2.75, 3.05) is 31.6 Å². The number of halogens is 1. The third-order valence-electron chi connectivity index (χ3n) is 6.28. The normalized spacial score (nSPS) is 11.8. The van der Waals surface area contributed by atoms with Crippen LogP contribution in [0, 0.1) is 5.82 Å².